The molecule has 0 spiro atoms. The van der Waals surface area contributed by atoms with Crippen molar-refractivity contribution in [1.29, 1.82) is 0 Å². The van der Waals surface area contributed by atoms with Gasteiger partial charge in [0.2, 0.25) is 0 Å². The molecule has 192 valence electrons. The lowest BCUT2D eigenvalue weighted by molar-refractivity contribution is -0.132. The number of anilines is 1. The number of halogens is 1. The number of nitrogens with zero attached hydrogens (tertiary/aromatic N) is 2. The van der Waals surface area contributed by atoms with Crippen LogP contribution < -0.4 is 9.64 Å². The van der Waals surface area contributed by atoms with Crippen molar-refractivity contribution in [3.63, 3.8) is 0 Å². The number of ketones is 1. The molecular weight excluding hydrogens is 499 g/mol. The Morgan fingerprint density at radius 1 is 1.19 bits per heavy atom. The van der Waals surface area contributed by atoms with Crippen molar-refractivity contribution >= 4 is 39.9 Å². The quantitative estimate of drug-likeness (QED) is 0.198. The number of rotatable bonds is 7. The number of aromatic nitrogens is 1. The molecule has 1 fully saturated rings. The van der Waals surface area contributed by atoms with E-state index in [-0.39, 0.29) is 26.7 Å². The molecule has 2 heterocycles. The van der Waals surface area contributed by atoms with Crippen LogP contribution in [0.25, 0.3) is 5.76 Å². The van der Waals surface area contributed by atoms with Crippen molar-refractivity contribution < 1.29 is 33.4 Å². The van der Waals surface area contributed by atoms with E-state index in [1.165, 1.54) is 25.3 Å². The summed E-state index contributed by atoms with van der Waals surface area (Å²) < 4.78 is 25.5. The summed E-state index contributed by atoms with van der Waals surface area (Å²) in [5.74, 6) is -3.16. The Hall–Kier alpha value is -4.05. The Bertz CT molecular complexity index is 1430. The summed E-state index contributed by atoms with van der Waals surface area (Å²) in [5.41, 5.74) is 0.984. The highest BCUT2D eigenvalue weighted by Gasteiger charge is 2.49. The highest BCUT2D eigenvalue weighted by atomic mass is 32.1. The lowest BCUT2D eigenvalue weighted by atomic mass is 9.94. The van der Waals surface area contributed by atoms with Gasteiger partial charge in [0.15, 0.2) is 5.13 Å². The van der Waals surface area contributed by atoms with Gasteiger partial charge in [-0.25, -0.2) is 14.2 Å². The highest BCUT2D eigenvalue weighted by Crippen LogP contribution is 2.44. The predicted molar refractivity (Wildman–Crippen MR) is 136 cm³/mol. The molecule has 1 aliphatic rings. The molecule has 0 radical (unpaired) electrons. The van der Waals surface area contributed by atoms with Crippen LogP contribution in [0.1, 0.15) is 51.4 Å². The van der Waals surface area contributed by atoms with Crippen molar-refractivity contribution in [2.75, 3.05) is 18.6 Å². The van der Waals surface area contributed by atoms with Crippen molar-refractivity contribution in [1.82, 2.24) is 4.98 Å². The molecule has 37 heavy (non-hydrogen) atoms. The number of benzene rings is 2. The maximum absolute atomic E-state index is 15.1. The molecule has 3 aromatic rings. The molecule has 4 rings (SSSR count). The number of methoxy groups -OCH3 is 1. The van der Waals surface area contributed by atoms with E-state index in [0.717, 1.165) is 22.7 Å². The van der Waals surface area contributed by atoms with Gasteiger partial charge in [0.05, 0.1) is 25.0 Å². The molecule has 1 N–H and O–H groups in total. The largest absolute Gasteiger partial charge is 0.507 e. The third kappa shape index (κ3) is 4.72. The minimum absolute atomic E-state index is 0.00431. The fourth-order valence-electron chi connectivity index (χ4n) is 4.11. The molecule has 2 aromatic carbocycles. The number of carbonyl (C=O) groups is 3. The Labute approximate surface area is 217 Å². The van der Waals surface area contributed by atoms with Gasteiger partial charge in [-0.3, -0.25) is 14.5 Å². The number of carbonyl (C=O) groups excluding carboxylic acids is 3. The van der Waals surface area contributed by atoms with Crippen molar-refractivity contribution in [3.05, 3.63) is 81.1 Å². The molecule has 0 bridgehead atoms. The van der Waals surface area contributed by atoms with Crippen LogP contribution in [0.5, 0.6) is 5.75 Å². The van der Waals surface area contributed by atoms with Gasteiger partial charge in [-0.2, -0.15) is 0 Å². The molecule has 1 aliphatic heterocycles. The monoisotopic (exact) mass is 524 g/mol. The average Bonchev–Trinajstić information content (AvgIpc) is 3.39. The van der Waals surface area contributed by atoms with E-state index in [2.05, 4.69) is 4.98 Å². The van der Waals surface area contributed by atoms with Crippen LogP contribution in [0, 0.1) is 19.7 Å². The summed E-state index contributed by atoms with van der Waals surface area (Å²) in [6.45, 7) is 5.86. The van der Waals surface area contributed by atoms with E-state index in [4.69, 9.17) is 9.47 Å². The molecule has 0 saturated carbocycles. The number of hydrogen-bond acceptors (Lipinski definition) is 8. The van der Waals surface area contributed by atoms with Crippen LogP contribution in [0.3, 0.4) is 0 Å². The molecule has 1 atom stereocenters. The maximum atomic E-state index is 15.1. The van der Waals surface area contributed by atoms with Crippen LogP contribution in [0.4, 0.5) is 9.52 Å². The van der Waals surface area contributed by atoms with Crippen LogP contribution >= 0.6 is 11.3 Å². The Kier molecular flexibility index (Phi) is 7.40. The van der Waals surface area contributed by atoms with E-state index < -0.39 is 35.3 Å². The second kappa shape index (κ2) is 10.5. The van der Waals surface area contributed by atoms with Gasteiger partial charge in [0.25, 0.3) is 5.78 Å². The predicted octanol–water partition coefficient (Wildman–Crippen LogP) is 5.10. The molecular formula is C27H25FN2O6S. The van der Waals surface area contributed by atoms with Crippen LogP contribution in [-0.4, -0.2) is 41.5 Å². The minimum Gasteiger partial charge on any atom is -0.507 e. The molecule has 1 saturated heterocycles. The zero-order valence-electron chi connectivity index (χ0n) is 20.7. The molecule has 10 heteroatoms. The van der Waals surface area contributed by atoms with Crippen molar-refractivity contribution in [3.8, 4) is 5.75 Å². The summed E-state index contributed by atoms with van der Waals surface area (Å²) in [5, 5.41) is 11.3. The molecule has 1 aromatic heterocycles. The van der Waals surface area contributed by atoms with Gasteiger partial charge >= 0.3 is 11.9 Å². The van der Waals surface area contributed by atoms with Gasteiger partial charge in [0, 0.05) is 11.1 Å². The first kappa shape index (κ1) is 26.0. The molecule has 8 nitrogen and oxygen atoms in total. The molecule has 1 amide bonds. The van der Waals surface area contributed by atoms with Gasteiger partial charge < -0.3 is 14.6 Å². The van der Waals surface area contributed by atoms with E-state index in [0.29, 0.717) is 23.6 Å². The zero-order valence-corrected chi connectivity index (χ0v) is 21.5. The maximum Gasteiger partial charge on any atom is 0.350 e. The molecule has 1 unspecified atom stereocenters. The number of esters is 1. The third-order valence-electron chi connectivity index (χ3n) is 5.92. The number of hydrogen-bond donors (Lipinski definition) is 1. The normalized spacial score (nSPS) is 16.8. The van der Waals surface area contributed by atoms with E-state index in [9.17, 15) is 19.5 Å². The number of ether oxygens (including phenoxy) is 2. The van der Waals surface area contributed by atoms with E-state index in [1.54, 1.807) is 38.1 Å². The van der Waals surface area contributed by atoms with Gasteiger partial charge in [0.1, 0.15) is 28.2 Å². The standard InChI is InChI=1S/C27H25FN2O6S/c1-5-12-36-19-11-10-16(13-14(19)2)22(31)20-21(17-8-6-7-9-18(17)28)30(25(33)23(20)32)27-29-15(3)24(37-27)26(34)35-4/h6-11,13,21,31H,5,12H2,1-4H3/b22-20+. The number of aryl methyl sites for hydroxylation is 2. The summed E-state index contributed by atoms with van der Waals surface area (Å²) in [6, 6.07) is 9.24. The number of aliphatic hydroxyl groups is 1. The topological polar surface area (TPSA) is 106 Å². The number of aliphatic hydroxyl groups excluding tert-OH is 1. The smallest absolute Gasteiger partial charge is 0.350 e. The average molecular weight is 525 g/mol. The fourth-order valence-corrected chi connectivity index (χ4v) is 5.13. The summed E-state index contributed by atoms with van der Waals surface area (Å²) >= 11 is 0.845. The van der Waals surface area contributed by atoms with Gasteiger partial charge in [-0.05, 0) is 50.1 Å². The first-order valence-electron chi connectivity index (χ1n) is 11.5. The summed E-state index contributed by atoms with van der Waals surface area (Å²) in [7, 11) is 1.22. The zero-order chi connectivity index (χ0) is 26.9. The van der Waals surface area contributed by atoms with Crippen LogP contribution in [-0.2, 0) is 14.3 Å². The lowest BCUT2D eigenvalue weighted by Crippen LogP contribution is -2.29. The summed E-state index contributed by atoms with van der Waals surface area (Å²) in [4.78, 5) is 44.2. The number of Topliss-reactive ketones (excluding diaryl/α,β-unsaturated/α-hetero) is 1. The van der Waals surface area contributed by atoms with Gasteiger partial charge in [-0.1, -0.05) is 36.5 Å². The Balaban J connectivity index is 1.90. The number of amides is 1. The Morgan fingerprint density at radius 2 is 1.92 bits per heavy atom. The van der Waals surface area contributed by atoms with Gasteiger partial charge in [-0.15, -0.1) is 0 Å². The first-order valence-corrected chi connectivity index (χ1v) is 12.4. The highest BCUT2D eigenvalue weighted by molar-refractivity contribution is 7.17. The SMILES string of the molecule is CCCOc1ccc(/C(O)=C2\C(=O)C(=O)N(c3nc(C)c(C(=O)OC)s3)C2c2ccccc2F)cc1C. The van der Waals surface area contributed by atoms with Crippen LogP contribution in [0.15, 0.2) is 48.0 Å². The summed E-state index contributed by atoms with van der Waals surface area (Å²) in [6.07, 6.45) is 0.821. The Morgan fingerprint density at radius 3 is 2.57 bits per heavy atom. The second-order valence-electron chi connectivity index (χ2n) is 8.42. The first-order chi connectivity index (χ1) is 17.7. The molecule has 0 aliphatic carbocycles. The number of thiazole rings is 1. The van der Waals surface area contributed by atoms with Crippen molar-refractivity contribution in [2.45, 2.75) is 33.2 Å². The van der Waals surface area contributed by atoms with Crippen LogP contribution in [0.2, 0.25) is 0 Å². The van der Waals surface area contributed by atoms with E-state index >= 15 is 4.39 Å². The van der Waals surface area contributed by atoms with E-state index in [1.807, 2.05) is 6.92 Å². The lowest BCUT2D eigenvalue weighted by Gasteiger charge is -2.23. The third-order valence-corrected chi connectivity index (χ3v) is 7.05. The second-order valence-corrected chi connectivity index (χ2v) is 9.40. The van der Waals surface area contributed by atoms with Crippen molar-refractivity contribution in [2.24, 2.45) is 0 Å². The minimum atomic E-state index is -1.31. The fraction of sp³-hybridized carbons (Fsp3) is 0.259.